The highest BCUT2D eigenvalue weighted by atomic mass is 32.1. The summed E-state index contributed by atoms with van der Waals surface area (Å²) in [6, 6.07) is 12.6. The first kappa shape index (κ1) is 19.7. The van der Waals surface area contributed by atoms with E-state index in [9.17, 15) is 4.79 Å². The van der Waals surface area contributed by atoms with Crippen molar-refractivity contribution < 1.29 is 18.8 Å². The van der Waals surface area contributed by atoms with Gasteiger partial charge in [0.15, 0.2) is 13.1 Å². The summed E-state index contributed by atoms with van der Waals surface area (Å²) >= 11 is 1.53. The number of quaternary nitrogens is 1. The number of anilines is 1. The summed E-state index contributed by atoms with van der Waals surface area (Å²) in [6.07, 6.45) is 0. The Hall–Kier alpha value is -3.06. The first-order valence-electron chi connectivity index (χ1n) is 8.66. The number of thiophene rings is 1. The van der Waals surface area contributed by atoms with E-state index in [1.165, 1.54) is 11.3 Å². The molecule has 0 radical (unpaired) electrons. The number of nitriles is 1. The minimum Gasteiger partial charge on any atom is -0.414 e. The molecule has 1 unspecified atom stereocenters. The molecule has 1 atom stereocenters. The van der Waals surface area contributed by atoms with Crippen molar-refractivity contribution >= 4 is 22.9 Å². The summed E-state index contributed by atoms with van der Waals surface area (Å²) in [6.45, 7) is 1.77. The summed E-state index contributed by atoms with van der Waals surface area (Å²) in [4.78, 5) is 14.3. The van der Waals surface area contributed by atoms with Crippen molar-refractivity contribution in [3.63, 3.8) is 0 Å². The fraction of sp³-hybridized carbons (Fsp3) is 0.263. The van der Waals surface area contributed by atoms with Gasteiger partial charge >= 0.3 is 0 Å². The zero-order valence-corrected chi connectivity index (χ0v) is 16.2. The van der Waals surface area contributed by atoms with Crippen LogP contribution < -0.4 is 10.2 Å². The highest BCUT2D eigenvalue weighted by molar-refractivity contribution is 7.13. The largest absolute Gasteiger partial charge is 0.414 e. The maximum Gasteiger partial charge on any atom is 0.279 e. The Morgan fingerprint density at radius 3 is 2.82 bits per heavy atom. The molecule has 0 aliphatic carbocycles. The Kier molecular flexibility index (Phi) is 6.86. The van der Waals surface area contributed by atoms with Gasteiger partial charge in [-0.1, -0.05) is 6.07 Å². The van der Waals surface area contributed by atoms with Gasteiger partial charge in [0.25, 0.3) is 17.7 Å². The van der Waals surface area contributed by atoms with Crippen molar-refractivity contribution in [1.82, 2.24) is 10.2 Å². The van der Waals surface area contributed by atoms with E-state index >= 15 is 0 Å². The van der Waals surface area contributed by atoms with Crippen molar-refractivity contribution in [2.45, 2.75) is 6.54 Å². The third-order valence-electron chi connectivity index (χ3n) is 3.97. The molecule has 1 amide bonds. The molecular formula is C19H20N5O3S+. The fourth-order valence-corrected chi connectivity index (χ4v) is 3.23. The standard InChI is InChI=1S/C19H19N5O3S/c1-26-9-8-24(12-17(25)21-15-6-4-14(11-20)5-7-15)13-18-22-23-19(27-18)16-3-2-10-28-16/h2-7,10H,8-9,12-13H2,1H3,(H,21,25)/p+1. The smallest absolute Gasteiger partial charge is 0.279 e. The van der Waals surface area contributed by atoms with Crippen LogP contribution >= 0.6 is 11.3 Å². The molecule has 2 aromatic heterocycles. The third-order valence-corrected chi connectivity index (χ3v) is 4.83. The van der Waals surface area contributed by atoms with Crippen molar-refractivity contribution in [2.24, 2.45) is 0 Å². The second kappa shape index (κ2) is 9.75. The lowest BCUT2D eigenvalue weighted by molar-refractivity contribution is -0.907. The topological polar surface area (TPSA) is 105 Å². The number of amides is 1. The molecule has 3 rings (SSSR count). The van der Waals surface area contributed by atoms with Crippen molar-refractivity contribution in [3.8, 4) is 16.8 Å². The Bertz CT molecular complexity index is 931. The number of aromatic nitrogens is 2. The van der Waals surface area contributed by atoms with Crippen LogP contribution in [0.1, 0.15) is 11.5 Å². The average molecular weight is 398 g/mol. The van der Waals surface area contributed by atoms with Gasteiger partial charge in [-0.3, -0.25) is 4.79 Å². The lowest BCUT2D eigenvalue weighted by atomic mass is 10.2. The molecule has 0 bridgehead atoms. The van der Waals surface area contributed by atoms with Gasteiger partial charge in [-0.15, -0.1) is 21.5 Å². The highest BCUT2D eigenvalue weighted by Gasteiger charge is 2.19. The Morgan fingerprint density at radius 1 is 1.32 bits per heavy atom. The van der Waals surface area contributed by atoms with E-state index in [0.717, 1.165) is 9.78 Å². The molecule has 0 spiro atoms. The van der Waals surface area contributed by atoms with Gasteiger partial charge in [0.1, 0.15) is 6.54 Å². The van der Waals surface area contributed by atoms with Gasteiger partial charge < -0.3 is 19.4 Å². The molecule has 2 heterocycles. The van der Waals surface area contributed by atoms with Gasteiger partial charge in [0.05, 0.1) is 23.1 Å². The maximum absolute atomic E-state index is 12.4. The fourth-order valence-electron chi connectivity index (χ4n) is 2.58. The number of carbonyl (C=O) groups is 1. The number of ether oxygens (including phenoxy) is 1. The minimum absolute atomic E-state index is 0.145. The molecule has 2 N–H and O–H groups in total. The van der Waals surface area contributed by atoms with E-state index in [-0.39, 0.29) is 12.5 Å². The van der Waals surface area contributed by atoms with Crippen LogP contribution in [-0.4, -0.2) is 42.9 Å². The van der Waals surface area contributed by atoms with Crippen LogP contribution in [0, 0.1) is 11.3 Å². The van der Waals surface area contributed by atoms with Crippen LogP contribution in [0.25, 0.3) is 10.8 Å². The monoisotopic (exact) mass is 398 g/mol. The first-order valence-corrected chi connectivity index (χ1v) is 9.54. The third kappa shape index (κ3) is 5.47. The molecule has 3 aromatic rings. The SMILES string of the molecule is COCC[NH+](CC(=O)Nc1ccc(C#N)cc1)Cc1nnc(-c2cccs2)o1. The summed E-state index contributed by atoms with van der Waals surface area (Å²) in [7, 11) is 1.62. The van der Waals surface area contributed by atoms with Crippen LogP contribution in [0.3, 0.4) is 0 Å². The molecule has 0 saturated carbocycles. The normalized spacial score (nSPS) is 11.7. The van der Waals surface area contributed by atoms with Crippen LogP contribution in [0.15, 0.2) is 46.2 Å². The van der Waals surface area contributed by atoms with Gasteiger partial charge in [-0.05, 0) is 35.7 Å². The van der Waals surface area contributed by atoms with E-state index < -0.39 is 0 Å². The number of hydrogen-bond acceptors (Lipinski definition) is 7. The van der Waals surface area contributed by atoms with Crippen molar-refractivity contribution in [2.75, 3.05) is 32.1 Å². The lowest BCUT2D eigenvalue weighted by Gasteiger charge is -2.17. The quantitative estimate of drug-likeness (QED) is 0.564. The number of hydrogen-bond donors (Lipinski definition) is 2. The van der Waals surface area contributed by atoms with Gasteiger partial charge in [0.2, 0.25) is 0 Å². The summed E-state index contributed by atoms with van der Waals surface area (Å²) in [5.74, 6) is 0.813. The Balaban J connectivity index is 1.61. The van der Waals surface area contributed by atoms with Crippen LogP contribution in [-0.2, 0) is 16.1 Å². The van der Waals surface area contributed by atoms with Gasteiger partial charge in [-0.25, -0.2) is 0 Å². The molecule has 8 nitrogen and oxygen atoms in total. The summed E-state index contributed by atoms with van der Waals surface area (Å²) in [5, 5.41) is 21.8. The minimum atomic E-state index is -0.145. The molecule has 28 heavy (non-hydrogen) atoms. The summed E-state index contributed by atoms with van der Waals surface area (Å²) in [5.41, 5.74) is 1.19. The number of carbonyl (C=O) groups excluding carboxylic acids is 1. The number of rotatable bonds is 9. The predicted octanol–water partition coefficient (Wildman–Crippen LogP) is 1.34. The van der Waals surface area contributed by atoms with E-state index in [1.807, 2.05) is 23.6 Å². The number of methoxy groups -OCH3 is 1. The lowest BCUT2D eigenvalue weighted by Crippen LogP contribution is -3.12. The summed E-state index contributed by atoms with van der Waals surface area (Å²) < 4.78 is 10.9. The van der Waals surface area contributed by atoms with E-state index in [1.54, 1.807) is 31.4 Å². The van der Waals surface area contributed by atoms with E-state index in [4.69, 9.17) is 14.4 Å². The van der Waals surface area contributed by atoms with Crippen LogP contribution in [0.5, 0.6) is 0 Å². The molecule has 0 aliphatic heterocycles. The zero-order chi connectivity index (χ0) is 19.8. The van der Waals surface area contributed by atoms with Crippen LogP contribution in [0.2, 0.25) is 0 Å². The van der Waals surface area contributed by atoms with Gasteiger partial charge in [-0.2, -0.15) is 5.26 Å². The van der Waals surface area contributed by atoms with E-state index in [0.29, 0.717) is 42.7 Å². The number of benzene rings is 1. The van der Waals surface area contributed by atoms with Crippen molar-refractivity contribution in [1.29, 1.82) is 5.26 Å². The predicted molar refractivity (Wildman–Crippen MR) is 104 cm³/mol. The molecule has 0 saturated heterocycles. The second-order valence-corrected chi connectivity index (χ2v) is 7.01. The molecule has 0 fully saturated rings. The maximum atomic E-state index is 12.4. The zero-order valence-electron chi connectivity index (χ0n) is 15.3. The van der Waals surface area contributed by atoms with E-state index in [2.05, 4.69) is 15.5 Å². The van der Waals surface area contributed by atoms with Crippen LogP contribution in [0.4, 0.5) is 5.69 Å². The number of nitrogens with zero attached hydrogens (tertiary/aromatic N) is 3. The highest BCUT2D eigenvalue weighted by Crippen LogP contribution is 2.22. The van der Waals surface area contributed by atoms with Gasteiger partial charge in [0, 0.05) is 12.8 Å². The Morgan fingerprint density at radius 2 is 2.14 bits per heavy atom. The second-order valence-electron chi connectivity index (χ2n) is 6.06. The number of nitrogens with one attached hydrogen (secondary N) is 2. The average Bonchev–Trinajstić information content (AvgIpc) is 3.38. The molecular weight excluding hydrogens is 378 g/mol. The molecule has 0 aliphatic rings. The first-order chi connectivity index (χ1) is 13.7. The Labute approximate surface area is 166 Å². The van der Waals surface area contributed by atoms with Crippen molar-refractivity contribution in [3.05, 3.63) is 53.2 Å². The molecule has 9 heteroatoms. The molecule has 144 valence electrons. The molecule has 1 aromatic carbocycles.